The van der Waals surface area contributed by atoms with E-state index in [1.54, 1.807) is 36.6 Å². The van der Waals surface area contributed by atoms with Crippen LogP contribution in [0.1, 0.15) is 10.4 Å². The highest BCUT2D eigenvalue weighted by molar-refractivity contribution is 5.84. The molecule has 3 rings (SSSR count). The summed E-state index contributed by atoms with van der Waals surface area (Å²) in [6.07, 6.45) is 7.13. The number of nitrogens with zero attached hydrogens (tertiary/aromatic N) is 4. The molecule has 0 amide bonds. The Balaban J connectivity index is 2.09. The number of rotatable bonds is 4. The van der Waals surface area contributed by atoms with Gasteiger partial charge in [0.15, 0.2) is 6.29 Å². The number of benzene rings is 1. The van der Waals surface area contributed by atoms with Crippen LogP contribution >= 0.6 is 0 Å². The van der Waals surface area contributed by atoms with Crippen LogP contribution in [-0.4, -0.2) is 33.1 Å². The first-order chi connectivity index (χ1) is 10.3. The first-order valence-corrected chi connectivity index (χ1v) is 6.27. The Bertz CT molecular complexity index is 768. The number of aldehydes is 1. The van der Waals surface area contributed by atoms with Crippen LogP contribution in [-0.2, 0) is 0 Å². The van der Waals surface area contributed by atoms with Gasteiger partial charge in [-0.3, -0.25) is 14.8 Å². The first kappa shape index (κ1) is 13.0. The summed E-state index contributed by atoms with van der Waals surface area (Å²) in [7, 11) is 1.60. The van der Waals surface area contributed by atoms with Gasteiger partial charge >= 0.3 is 0 Å². The Morgan fingerprint density at radius 1 is 1.29 bits per heavy atom. The van der Waals surface area contributed by atoms with Gasteiger partial charge in [-0.2, -0.15) is 5.10 Å². The molecule has 2 heterocycles. The van der Waals surface area contributed by atoms with Crippen molar-refractivity contribution in [3.63, 3.8) is 0 Å². The van der Waals surface area contributed by atoms with E-state index >= 15 is 0 Å². The second kappa shape index (κ2) is 5.54. The molecule has 2 aromatic heterocycles. The zero-order valence-electron chi connectivity index (χ0n) is 11.3. The van der Waals surface area contributed by atoms with Gasteiger partial charge in [0.1, 0.15) is 17.1 Å². The maximum absolute atomic E-state index is 11.2. The molecule has 1 aromatic carbocycles. The maximum atomic E-state index is 11.2. The summed E-state index contributed by atoms with van der Waals surface area (Å²) < 4.78 is 6.81. The third kappa shape index (κ3) is 2.51. The lowest BCUT2D eigenvalue weighted by molar-refractivity contribution is 0.112. The quantitative estimate of drug-likeness (QED) is 0.685. The van der Waals surface area contributed by atoms with Crippen LogP contribution in [0.4, 0.5) is 0 Å². The summed E-state index contributed by atoms with van der Waals surface area (Å²) >= 11 is 0. The fourth-order valence-electron chi connectivity index (χ4n) is 1.98. The Labute approximate surface area is 121 Å². The maximum Gasteiger partial charge on any atom is 0.153 e. The Hall–Kier alpha value is -3.02. The molecule has 0 aliphatic carbocycles. The number of carbonyl (C=O) groups is 1. The minimum Gasteiger partial charge on any atom is -0.497 e. The highest BCUT2D eigenvalue weighted by Gasteiger charge is 2.13. The molecule has 0 unspecified atom stereocenters. The molecule has 0 fully saturated rings. The van der Waals surface area contributed by atoms with E-state index in [4.69, 9.17) is 4.74 Å². The summed E-state index contributed by atoms with van der Waals surface area (Å²) in [6, 6.07) is 7.42. The highest BCUT2D eigenvalue weighted by atomic mass is 16.5. The lowest BCUT2D eigenvalue weighted by Gasteiger charge is -2.04. The normalized spacial score (nSPS) is 10.3. The molecule has 0 spiro atoms. The van der Waals surface area contributed by atoms with Gasteiger partial charge in [0, 0.05) is 24.7 Å². The van der Waals surface area contributed by atoms with E-state index < -0.39 is 0 Å². The van der Waals surface area contributed by atoms with Crippen molar-refractivity contribution in [1.82, 2.24) is 19.7 Å². The number of aromatic nitrogens is 4. The smallest absolute Gasteiger partial charge is 0.153 e. The van der Waals surface area contributed by atoms with Crippen LogP contribution in [0.3, 0.4) is 0 Å². The monoisotopic (exact) mass is 280 g/mol. The van der Waals surface area contributed by atoms with Crippen molar-refractivity contribution in [2.75, 3.05) is 7.11 Å². The van der Waals surface area contributed by atoms with Gasteiger partial charge in [-0.15, -0.1) is 0 Å². The highest BCUT2D eigenvalue weighted by Crippen LogP contribution is 2.21. The average Bonchev–Trinajstić information content (AvgIpc) is 3.00. The molecule has 0 radical (unpaired) electrons. The van der Waals surface area contributed by atoms with Gasteiger partial charge < -0.3 is 4.74 Å². The van der Waals surface area contributed by atoms with Crippen LogP contribution in [0.25, 0.3) is 17.1 Å². The second-order valence-electron chi connectivity index (χ2n) is 4.29. The minimum atomic E-state index is 0.457. The van der Waals surface area contributed by atoms with Gasteiger partial charge in [-0.1, -0.05) is 6.07 Å². The molecule has 0 bridgehead atoms. The molecule has 104 valence electrons. The predicted octanol–water partition coefficient (Wildman–Crippen LogP) is 2.15. The molecule has 0 aliphatic rings. The van der Waals surface area contributed by atoms with E-state index in [2.05, 4.69) is 15.1 Å². The van der Waals surface area contributed by atoms with Gasteiger partial charge in [0.05, 0.1) is 24.6 Å². The minimum absolute atomic E-state index is 0.457. The van der Waals surface area contributed by atoms with E-state index in [0.717, 1.165) is 17.7 Å². The summed E-state index contributed by atoms with van der Waals surface area (Å²) in [5.74, 6) is 0.719. The number of hydrogen-bond acceptors (Lipinski definition) is 5. The zero-order valence-corrected chi connectivity index (χ0v) is 11.3. The fourth-order valence-corrected chi connectivity index (χ4v) is 1.98. The number of ether oxygens (including phenoxy) is 1. The molecule has 0 aliphatic heterocycles. The number of hydrogen-bond donors (Lipinski definition) is 0. The predicted molar refractivity (Wildman–Crippen MR) is 76.5 cm³/mol. The van der Waals surface area contributed by atoms with Crippen LogP contribution in [0, 0.1) is 0 Å². The summed E-state index contributed by atoms with van der Waals surface area (Å²) in [6.45, 7) is 0. The molecular formula is C15H12N4O2. The molecule has 3 aromatic rings. The topological polar surface area (TPSA) is 69.9 Å². The van der Waals surface area contributed by atoms with Crippen molar-refractivity contribution in [3.05, 3.63) is 54.6 Å². The molecule has 6 heteroatoms. The SMILES string of the molecule is COc1cccc(-n2cc(C=O)c(-c3cnccn3)n2)c1. The number of methoxy groups -OCH3 is 1. The van der Waals surface area contributed by atoms with Crippen LogP contribution in [0.2, 0.25) is 0 Å². The lowest BCUT2D eigenvalue weighted by atomic mass is 10.2. The molecule has 0 saturated heterocycles. The third-order valence-corrected chi connectivity index (χ3v) is 2.99. The van der Waals surface area contributed by atoms with Crippen molar-refractivity contribution < 1.29 is 9.53 Å². The molecular weight excluding hydrogens is 268 g/mol. The standard InChI is InChI=1S/C15H12N4O2/c1-21-13-4-2-3-12(7-13)19-9-11(10-20)15(18-19)14-8-16-5-6-17-14/h2-10H,1H3. The molecule has 0 saturated carbocycles. The molecule has 21 heavy (non-hydrogen) atoms. The summed E-state index contributed by atoms with van der Waals surface area (Å²) in [5.41, 5.74) is 2.31. The van der Waals surface area contributed by atoms with Gasteiger partial charge in [-0.25, -0.2) is 4.68 Å². The van der Waals surface area contributed by atoms with E-state index in [1.807, 2.05) is 24.3 Å². The van der Waals surface area contributed by atoms with Gasteiger partial charge in [-0.05, 0) is 12.1 Å². The molecule has 0 atom stereocenters. The Kier molecular flexibility index (Phi) is 3.42. The Morgan fingerprint density at radius 3 is 2.90 bits per heavy atom. The van der Waals surface area contributed by atoms with Gasteiger partial charge in [0.2, 0.25) is 0 Å². The van der Waals surface area contributed by atoms with Crippen molar-refractivity contribution in [3.8, 4) is 22.8 Å². The average molecular weight is 280 g/mol. The molecule has 0 N–H and O–H groups in total. The van der Waals surface area contributed by atoms with Crippen LogP contribution in [0.15, 0.2) is 49.1 Å². The third-order valence-electron chi connectivity index (χ3n) is 2.99. The van der Waals surface area contributed by atoms with Crippen molar-refractivity contribution in [2.24, 2.45) is 0 Å². The summed E-state index contributed by atoms with van der Waals surface area (Å²) in [5, 5.41) is 4.42. The fraction of sp³-hybridized carbons (Fsp3) is 0.0667. The van der Waals surface area contributed by atoms with E-state index in [0.29, 0.717) is 17.0 Å². The van der Waals surface area contributed by atoms with E-state index in [9.17, 15) is 4.79 Å². The zero-order chi connectivity index (χ0) is 14.7. The van der Waals surface area contributed by atoms with Crippen LogP contribution < -0.4 is 4.74 Å². The van der Waals surface area contributed by atoms with Gasteiger partial charge in [0.25, 0.3) is 0 Å². The summed E-state index contributed by atoms with van der Waals surface area (Å²) in [4.78, 5) is 19.4. The molecule has 6 nitrogen and oxygen atoms in total. The second-order valence-corrected chi connectivity index (χ2v) is 4.29. The van der Waals surface area contributed by atoms with Crippen molar-refractivity contribution in [2.45, 2.75) is 0 Å². The Morgan fingerprint density at radius 2 is 2.19 bits per heavy atom. The largest absolute Gasteiger partial charge is 0.497 e. The van der Waals surface area contributed by atoms with Crippen LogP contribution in [0.5, 0.6) is 5.75 Å². The van der Waals surface area contributed by atoms with Crippen molar-refractivity contribution in [1.29, 1.82) is 0 Å². The first-order valence-electron chi connectivity index (χ1n) is 6.27. The number of carbonyl (C=O) groups excluding carboxylic acids is 1. The van der Waals surface area contributed by atoms with E-state index in [1.165, 1.54) is 0 Å². The van der Waals surface area contributed by atoms with E-state index in [-0.39, 0.29) is 0 Å². The lowest BCUT2D eigenvalue weighted by Crippen LogP contribution is -1.96. The van der Waals surface area contributed by atoms with Crippen molar-refractivity contribution >= 4 is 6.29 Å².